The van der Waals surface area contributed by atoms with E-state index in [9.17, 15) is 26.1 Å². The Bertz CT molecular complexity index is 438. The second-order valence-electron chi connectivity index (χ2n) is 7.00. The number of hydrogen-bond acceptors (Lipinski definition) is 3. The van der Waals surface area contributed by atoms with Crippen LogP contribution in [0.4, 0.5) is 13.2 Å². The summed E-state index contributed by atoms with van der Waals surface area (Å²) in [5.74, 6) is 0. The largest absolute Gasteiger partial charge is 0.743 e. The van der Waals surface area contributed by atoms with Crippen LogP contribution in [0.2, 0.25) is 0 Å². The summed E-state index contributed by atoms with van der Waals surface area (Å²) < 4.78 is 70.2. The van der Waals surface area contributed by atoms with E-state index in [1.807, 2.05) is 0 Å². The van der Waals surface area contributed by atoms with Crippen LogP contribution in [0.5, 0.6) is 0 Å². The summed E-state index contributed by atoms with van der Waals surface area (Å²) in [4.78, 5) is 0. The van der Waals surface area contributed by atoms with Gasteiger partial charge in [0.05, 0.1) is 26.2 Å². The normalized spacial score (nSPS) is 13.8. The quantitative estimate of drug-likeness (QED) is 0.213. The third-order valence-corrected chi connectivity index (χ3v) is 6.36. The molecule has 4 nitrogen and oxygen atoms in total. The van der Waals surface area contributed by atoms with Crippen molar-refractivity contribution in [2.24, 2.45) is 0 Å². The highest BCUT2D eigenvalue weighted by molar-refractivity contribution is 7.86. The Balaban J connectivity index is 0. The summed E-state index contributed by atoms with van der Waals surface area (Å²) in [6.07, 6.45) is 2.26. The lowest BCUT2D eigenvalue weighted by molar-refractivity contribution is -0.921. The maximum atomic E-state index is 13.0. The SMILES string of the molecule is CCCCCCCCCC(F)C(F)(F)S(=O)(=O)[O-].CC[N+](CC)(CC)CC. The summed E-state index contributed by atoms with van der Waals surface area (Å²) in [7, 11) is -5.91. The fraction of sp³-hybridized carbons (Fsp3) is 1.00. The van der Waals surface area contributed by atoms with Gasteiger partial charge < -0.3 is 9.04 Å². The van der Waals surface area contributed by atoms with E-state index in [-0.39, 0.29) is 6.42 Å². The second kappa shape index (κ2) is 14.6. The summed E-state index contributed by atoms with van der Waals surface area (Å²) >= 11 is 0. The van der Waals surface area contributed by atoms with Gasteiger partial charge in [0.2, 0.25) is 0 Å². The van der Waals surface area contributed by atoms with Gasteiger partial charge in [-0.1, -0.05) is 51.9 Å². The van der Waals surface area contributed by atoms with Gasteiger partial charge in [0.15, 0.2) is 16.3 Å². The maximum absolute atomic E-state index is 13.0. The Hall–Kier alpha value is -0.340. The van der Waals surface area contributed by atoms with Crippen LogP contribution >= 0.6 is 0 Å². The van der Waals surface area contributed by atoms with Crippen LogP contribution in [0.1, 0.15) is 86.0 Å². The number of nitrogens with zero attached hydrogens (tertiary/aromatic N) is 1. The molecule has 0 N–H and O–H groups in total. The lowest BCUT2D eigenvalue weighted by Gasteiger charge is -2.34. The molecule has 0 heterocycles. The van der Waals surface area contributed by atoms with Gasteiger partial charge in [0.1, 0.15) is 0 Å². The predicted molar refractivity (Wildman–Crippen MR) is 105 cm³/mol. The van der Waals surface area contributed by atoms with Crippen molar-refractivity contribution in [2.75, 3.05) is 26.2 Å². The molecule has 0 aliphatic carbocycles. The van der Waals surface area contributed by atoms with Crippen LogP contribution in [0.15, 0.2) is 0 Å². The standard InChI is InChI=1S/C11H21F3O3S.C8H20N/c1-2-3-4-5-6-7-8-9-10(12)11(13,14)18(15,16)17;1-5-9(6-2,7-3)8-4/h10H,2-9H2,1H3,(H,15,16,17);5-8H2,1-4H3/q;+1/p-1. The number of rotatable bonds is 14. The van der Waals surface area contributed by atoms with E-state index < -0.39 is 28.0 Å². The number of alkyl halides is 3. The fourth-order valence-electron chi connectivity index (χ4n) is 2.95. The molecule has 27 heavy (non-hydrogen) atoms. The van der Waals surface area contributed by atoms with Crippen LogP contribution in [-0.4, -0.2) is 55.1 Å². The zero-order valence-electron chi connectivity index (χ0n) is 17.8. The van der Waals surface area contributed by atoms with Crippen molar-refractivity contribution >= 4 is 10.1 Å². The number of halogens is 3. The molecule has 1 unspecified atom stereocenters. The first kappa shape index (κ1) is 28.9. The molecule has 0 spiro atoms. The molecule has 0 aromatic rings. The lowest BCUT2D eigenvalue weighted by Crippen LogP contribution is -2.47. The van der Waals surface area contributed by atoms with Crippen LogP contribution < -0.4 is 0 Å². The molecular formula is C19H40F3NO3S. The van der Waals surface area contributed by atoms with Crippen molar-refractivity contribution in [3.8, 4) is 0 Å². The molecule has 0 amide bonds. The molecule has 1 atom stereocenters. The highest BCUT2D eigenvalue weighted by Gasteiger charge is 2.46. The molecule has 0 bridgehead atoms. The van der Waals surface area contributed by atoms with Gasteiger partial charge in [-0.15, -0.1) is 0 Å². The Morgan fingerprint density at radius 1 is 0.815 bits per heavy atom. The topological polar surface area (TPSA) is 57.2 Å². The molecule has 0 saturated heterocycles. The summed E-state index contributed by atoms with van der Waals surface area (Å²) in [5, 5.41) is -4.81. The van der Waals surface area contributed by atoms with Crippen LogP contribution in [0.25, 0.3) is 0 Å². The number of hydrogen-bond donors (Lipinski definition) is 0. The minimum absolute atomic E-state index is 0.165. The van der Waals surface area contributed by atoms with Gasteiger partial charge in [0, 0.05) is 0 Å². The zero-order valence-corrected chi connectivity index (χ0v) is 18.6. The summed E-state index contributed by atoms with van der Waals surface area (Å²) in [5.41, 5.74) is 0. The highest BCUT2D eigenvalue weighted by atomic mass is 32.2. The van der Waals surface area contributed by atoms with Crippen LogP contribution in [0.3, 0.4) is 0 Å². The summed E-state index contributed by atoms with van der Waals surface area (Å²) in [6, 6.07) is 0. The first-order valence-corrected chi connectivity index (χ1v) is 11.7. The molecule has 0 saturated carbocycles. The van der Waals surface area contributed by atoms with E-state index in [1.165, 1.54) is 30.7 Å². The molecule has 0 fully saturated rings. The second-order valence-corrected chi connectivity index (χ2v) is 8.45. The van der Waals surface area contributed by atoms with E-state index in [4.69, 9.17) is 0 Å². The molecule has 0 aromatic heterocycles. The van der Waals surface area contributed by atoms with Crippen LogP contribution in [0, 0.1) is 0 Å². The maximum Gasteiger partial charge on any atom is 0.364 e. The third kappa shape index (κ3) is 11.3. The van der Waals surface area contributed by atoms with Crippen molar-refractivity contribution in [1.82, 2.24) is 0 Å². The monoisotopic (exact) mass is 419 g/mol. The first-order valence-electron chi connectivity index (χ1n) is 10.3. The number of quaternary nitrogens is 1. The van der Waals surface area contributed by atoms with Crippen molar-refractivity contribution in [2.45, 2.75) is 97.4 Å². The van der Waals surface area contributed by atoms with Gasteiger partial charge in [0.25, 0.3) is 0 Å². The summed E-state index contributed by atoms with van der Waals surface area (Å²) in [6.45, 7) is 16.3. The average Bonchev–Trinajstić information content (AvgIpc) is 2.63. The van der Waals surface area contributed by atoms with E-state index in [2.05, 4.69) is 34.6 Å². The lowest BCUT2D eigenvalue weighted by atomic mass is 10.1. The van der Waals surface area contributed by atoms with Gasteiger partial charge in [-0.2, -0.15) is 8.78 Å². The molecule has 0 aliphatic rings. The van der Waals surface area contributed by atoms with Gasteiger partial charge >= 0.3 is 5.25 Å². The Kier molecular flexibility index (Phi) is 15.6. The van der Waals surface area contributed by atoms with Crippen molar-refractivity contribution in [3.05, 3.63) is 0 Å². The van der Waals surface area contributed by atoms with E-state index in [0.29, 0.717) is 6.42 Å². The van der Waals surface area contributed by atoms with Crippen molar-refractivity contribution in [1.29, 1.82) is 0 Å². The average molecular weight is 420 g/mol. The molecule has 0 aliphatic heterocycles. The first-order chi connectivity index (χ1) is 12.5. The zero-order chi connectivity index (χ0) is 21.6. The van der Waals surface area contributed by atoms with Gasteiger partial charge in [-0.25, -0.2) is 12.8 Å². The molecule has 166 valence electrons. The minimum Gasteiger partial charge on any atom is -0.743 e. The Morgan fingerprint density at radius 3 is 1.48 bits per heavy atom. The molecule has 8 heteroatoms. The molecular weight excluding hydrogens is 379 g/mol. The van der Waals surface area contributed by atoms with E-state index >= 15 is 0 Å². The van der Waals surface area contributed by atoms with Crippen molar-refractivity contribution < 1.29 is 30.6 Å². The fourth-order valence-corrected chi connectivity index (χ4v) is 3.38. The third-order valence-electron chi connectivity index (χ3n) is 5.44. The minimum atomic E-state index is -5.91. The van der Waals surface area contributed by atoms with Gasteiger partial charge in [-0.05, 0) is 34.1 Å². The van der Waals surface area contributed by atoms with Crippen molar-refractivity contribution in [3.63, 3.8) is 0 Å². The molecule has 0 radical (unpaired) electrons. The molecule has 0 aromatic carbocycles. The predicted octanol–water partition coefficient (Wildman–Crippen LogP) is 5.49. The van der Waals surface area contributed by atoms with E-state index in [1.54, 1.807) is 0 Å². The van der Waals surface area contributed by atoms with Crippen LogP contribution in [-0.2, 0) is 10.1 Å². The smallest absolute Gasteiger partial charge is 0.364 e. The van der Waals surface area contributed by atoms with E-state index in [0.717, 1.165) is 32.1 Å². The Labute approximate surface area is 164 Å². The van der Waals surface area contributed by atoms with Gasteiger partial charge in [-0.3, -0.25) is 0 Å². The Morgan fingerprint density at radius 2 is 1.19 bits per heavy atom. The molecule has 0 rings (SSSR count). The number of unbranched alkanes of at least 4 members (excludes halogenated alkanes) is 6. The highest BCUT2D eigenvalue weighted by Crippen LogP contribution is 2.30.